The van der Waals surface area contributed by atoms with E-state index in [0.29, 0.717) is 13.2 Å². The molecule has 1 aromatic carbocycles. The number of likely N-dealkylation sites (N-methyl/N-ethyl adjacent to an activating group) is 1. The number of aliphatic hydroxyl groups is 1. The van der Waals surface area contributed by atoms with Gasteiger partial charge >= 0.3 is 0 Å². The zero-order valence-corrected chi connectivity index (χ0v) is 14.8. The van der Waals surface area contributed by atoms with Crippen molar-refractivity contribution in [2.75, 3.05) is 53.1 Å². The Morgan fingerprint density at radius 3 is 2.57 bits per heavy atom. The molecule has 0 radical (unpaired) electrons. The van der Waals surface area contributed by atoms with Crippen molar-refractivity contribution in [1.82, 2.24) is 9.80 Å². The first kappa shape index (κ1) is 18.4. The minimum absolute atomic E-state index is 0.151. The molecule has 0 aliphatic carbocycles. The Hall–Kier alpha value is -0.990. The molecule has 130 valence electrons. The van der Waals surface area contributed by atoms with Crippen molar-refractivity contribution in [2.24, 2.45) is 0 Å². The van der Waals surface area contributed by atoms with Crippen LogP contribution >= 0.6 is 0 Å². The zero-order chi connectivity index (χ0) is 17.0. The lowest BCUT2D eigenvalue weighted by Gasteiger charge is -2.35. The fraction of sp³-hybridized carbons (Fsp3) is 0.625. The predicted octanol–water partition coefficient (Wildman–Crippen LogP) is 0.386. The summed E-state index contributed by atoms with van der Waals surface area (Å²) >= 11 is 0. The molecule has 7 heteroatoms. The van der Waals surface area contributed by atoms with Gasteiger partial charge in [0, 0.05) is 32.4 Å². The topological polar surface area (TPSA) is 70.1 Å². The molecule has 1 aromatic rings. The van der Waals surface area contributed by atoms with E-state index in [-0.39, 0.29) is 11.0 Å². The van der Waals surface area contributed by atoms with E-state index in [1.54, 1.807) is 24.3 Å². The van der Waals surface area contributed by atoms with E-state index in [1.165, 1.54) is 6.26 Å². The van der Waals surface area contributed by atoms with Crippen LogP contribution in [0.25, 0.3) is 0 Å². The SMILES string of the molecule is CN(C)C[C@@H]1CN(C[C@@H](O)c2ccc(S(C)(=O)=O)cc2)CCO1. The summed E-state index contributed by atoms with van der Waals surface area (Å²) in [5.74, 6) is 0. The molecule has 1 N–H and O–H groups in total. The number of benzene rings is 1. The summed E-state index contributed by atoms with van der Waals surface area (Å²) in [6.45, 7) is 3.62. The van der Waals surface area contributed by atoms with Gasteiger partial charge in [0.05, 0.1) is 23.7 Å². The third-order valence-corrected chi connectivity index (χ3v) is 5.04. The number of sulfone groups is 1. The number of morpholine rings is 1. The van der Waals surface area contributed by atoms with Crippen molar-refractivity contribution >= 4 is 9.84 Å². The van der Waals surface area contributed by atoms with Crippen LogP contribution in [0.4, 0.5) is 0 Å². The standard InChI is InChI=1S/C16H26N2O4S/c1-17(2)10-14-11-18(8-9-22-14)12-16(19)13-4-6-15(7-5-13)23(3,20)21/h4-7,14,16,19H,8-12H2,1-3H3/t14-,16-/m1/s1. The van der Waals surface area contributed by atoms with Crippen LogP contribution in [0.1, 0.15) is 11.7 Å². The molecule has 1 aliphatic heterocycles. The number of β-amino-alcohol motifs (C(OH)–C–C–N with tert-alkyl or cyclic N) is 1. The fourth-order valence-electron chi connectivity index (χ4n) is 2.75. The van der Waals surface area contributed by atoms with Crippen LogP contribution in [0, 0.1) is 0 Å². The Kier molecular flexibility index (Phi) is 6.16. The molecule has 0 amide bonds. The van der Waals surface area contributed by atoms with Gasteiger partial charge in [0.15, 0.2) is 9.84 Å². The van der Waals surface area contributed by atoms with Gasteiger partial charge in [-0.2, -0.15) is 0 Å². The summed E-state index contributed by atoms with van der Waals surface area (Å²) < 4.78 is 28.7. The van der Waals surface area contributed by atoms with Gasteiger partial charge < -0.3 is 14.7 Å². The van der Waals surface area contributed by atoms with Crippen LogP contribution in [0.2, 0.25) is 0 Å². The predicted molar refractivity (Wildman–Crippen MR) is 89.2 cm³/mol. The molecule has 6 nitrogen and oxygen atoms in total. The zero-order valence-electron chi connectivity index (χ0n) is 14.0. The first-order valence-corrected chi connectivity index (χ1v) is 9.61. The largest absolute Gasteiger partial charge is 0.387 e. The Balaban J connectivity index is 1.94. The summed E-state index contributed by atoms with van der Waals surface area (Å²) in [4.78, 5) is 4.55. The van der Waals surface area contributed by atoms with Crippen molar-refractivity contribution in [3.63, 3.8) is 0 Å². The summed E-state index contributed by atoms with van der Waals surface area (Å²) in [5.41, 5.74) is 0.730. The van der Waals surface area contributed by atoms with Crippen molar-refractivity contribution in [1.29, 1.82) is 0 Å². The molecule has 23 heavy (non-hydrogen) atoms. The van der Waals surface area contributed by atoms with E-state index in [0.717, 1.165) is 25.2 Å². The first-order valence-electron chi connectivity index (χ1n) is 7.72. The molecule has 0 saturated carbocycles. The Morgan fingerprint density at radius 1 is 1.35 bits per heavy atom. The second-order valence-corrected chi connectivity index (χ2v) is 8.39. The number of hydrogen-bond acceptors (Lipinski definition) is 6. The molecule has 0 bridgehead atoms. The maximum atomic E-state index is 11.5. The highest BCUT2D eigenvalue weighted by molar-refractivity contribution is 7.90. The minimum atomic E-state index is -3.20. The van der Waals surface area contributed by atoms with Gasteiger partial charge in [0.25, 0.3) is 0 Å². The molecular weight excluding hydrogens is 316 g/mol. The average molecular weight is 342 g/mol. The molecule has 1 fully saturated rings. The molecular formula is C16H26N2O4S. The third kappa shape index (κ3) is 5.54. The van der Waals surface area contributed by atoms with Crippen LogP contribution in [0.5, 0.6) is 0 Å². The second-order valence-electron chi connectivity index (χ2n) is 6.37. The van der Waals surface area contributed by atoms with Gasteiger partial charge in [-0.25, -0.2) is 8.42 Å². The van der Waals surface area contributed by atoms with E-state index >= 15 is 0 Å². The Morgan fingerprint density at radius 2 is 2.00 bits per heavy atom. The first-order chi connectivity index (χ1) is 10.8. The van der Waals surface area contributed by atoms with Crippen LogP contribution in [0.15, 0.2) is 29.2 Å². The molecule has 2 rings (SSSR count). The lowest BCUT2D eigenvalue weighted by molar-refractivity contribution is -0.0489. The quantitative estimate of drug-likeness (QED) is 0.806. The van der Waals surface area contributed by atoms with Crippen molar-refractivity contribution in [3.05, 3.63) is 29.8 Å². The number of rotatable bonds is 6. The van der Waals surface area contributed by atoms with Crippen LogP contribution in [0.3, 0.4) is 0 Å². The van der Waals surface area contributed by atoms with Crippen molar-refractivity contribution in [3.8, 4) is 0 Å². The van der Waals surface area contributed by atoms with Crippen molar-refractivity contribution in [2.45, 2.75) is 17.1 Å². The van der Waals surface area contributed by atoms with Gasteiger partial charge in [0.1, 0.15) is 0 Å². The highest BCUT2D eigenvalue weighted by atomic mass is 32.2. The fourth-order valence-corrected chi connectivity index (χ4v) is 3.38. The number of nitrogens with zero attached hydrogens (tertiary/aromatic N) is 2. The number of ether oxygens (including phenoxy) is 1. The summed E-state index contributed by atoms with van der Waals surface area (Å²) in [6, 6.07) is 6.45. The number of hydrogen-bond donors (Lipinski definition) is 1. The van der Waals surface area contributed by atoms with Gasteiger partial charge in [-0.05, 0) is 31.8 Å². The molecule has 1 aliphatic rings. The summed E-state index contributed by atoms with van der Waals surface area (Å²) in [5, 5.41) is 10.4. The smallest absolute Gasteiger partial charge is 0.175 e. The minimum Gasteiger partial charge on any atom is -0.387 e. The molecule has 1 heterocycles. The van der Waals surface area contributed by atoms with Gasteiger partial charge in [-0.3, -0.25) is 4.90 Å². The number of aliphatic hydroxyl groups excluding tert-OH is 1. The lowest BCUT2D eigenvalue weighted by Crippen LogP contribution is -2.47. The summed E-state index contributed by atoms with van der Waals surface area (Å²) in [6.07, 6.45) is 0.692. The van der Waals surface area contributed by atoms with Gasteiger partial charge in [-0.15, -0.1) is 0 Å². The second kappa shape index (κ2) is 7.72. The Labute approximate surface area is 138 Å². The van der Waals surface area contributed by atoms with Crippen LogP contribution in [-0.2, 0) is 14.6 Å². The van der Waals surface area contributed by atoms with E-state index in [9.17, 15) is 13.5 Å². The Bertz CT molecular complexity index is 601. The highest BCUT2D eigenvalue weighted by Crippen LogP contribution is 2.19. The maximum absolute atomic E-state index is 11.5. The van der Waals surface area contributed by atoms with E-state index < -0.39 is 15.9 Å². The molecule has 0 unspecified atom stereocenters. The average Bonchev–Trinajstić information content (AvgIpc) is 2.46. The van der Waals surface area contributed by atoms with Crippen LogP contribution < -0.4 is 0 Å². The van der Waals surface area contributed by atoms with E-state index in [2.05, 4.69) is 9.80 Å². The monoisotopic (exact) mass is 342 g/mol. The highest BCUT2D eigenvalue weighted by Gasteiger charge is 2.23. The maximum Gasteiger partial charge on any atom is 0.175 e. The van der Waals surface area contributed by atoms with Crippen molar-refractivity contribution < 1.29 is 18.3 Å². The molecule has 2 atom stereocenters. The van der Waals surface area contributed by atoms with Gasteiger partial charge in [0.2, 0.25) is 0 Å². The lowest BCUT2D eigenvalue weighted by atomic mass is 10.1. The molecule has 0 aromatic heterocycles. The normalized spacial score (nSPS) is 21.5. The molecule has 0 spiro atoms. The van der Waals surface area contributed by atoms with Crippen LogP contribution in [-0.4, -0.2) is 82.6 Å². The van der Waals surface area contributed by atoms with E-state index in [1.807, 2.05) is 14.1 Å². The van der Waals surface area contributed by atoms with Gasteiger partial charge in [-0.1, -0.05) is 12.1 Å². The van der Waals surface area contributed by atoms with E-state index in [4.69, 9.17) is 4.74 Å². The molecule has 1 saturated heterocycles. The summed E-state index contributed by atoms with van der Waals surface area (Å²) in [7, 11) is 0.824. The third-order valence-electron chi connectivity index (χ3n) is 3.92.